The van der Waals surface area contributed by atoms with Crippen LogP contribution in [-0.2, 0) is 0 Å². The zero-order valence-electron chi connectivity index (χ0n) is 10.5. The fraction of sp³-hybridized carbons (Fsp3) is 0.0769. The maximum atomic E-state index is 12.3. The topological polar surface area (TPSA) is 76.3 Å². The number of carbonyl (C=O) groups excluding carboxylic acids is 1. The first kappa shape index (κ1) is 14.0. The summed E-state index contributed by atoms with van der Waals surface area (Å²) in [5.74, 6) is -0.365. The normalized spacial score (nSPS) is 10.1. The molecule has 0 aliphatic carbocycles. The Hall–Kier alpha value is -2.47. The number of nitro groups is 1. The van der Waals surface area contributed by atoms with E-state index in [1.54, 1.807) is 31.6 Å². The predicted octanol–water partition coefficient (Wildman–Crippen LogP) is 2.92. The number of amides is 1. The lowest BCUT2D eigenvalue weighted by Gasteiger charge is -2.17. The molecule has 7 heteroatoms. The maximum absolute atomic E-state index is 12.3. The minimum Gasteiger partial charge on any atom is -0.311 e. The van der Waals surface area contributed by atoms with Crippen LogP contribution in [0.1, 0.15) is 10.4 Å². The fourth-order valence-electron chi connectivity index (χ4n) is 1.66. The summed E-state index contributed by atoms with van der Waals surface area (Å²) < 4.78 is 0. The van der Waals surface area contributed by atoms with Crippen molar-refractivity contribution in [2.75, 3.05) is 11.9 Å². The van der Waals surface area contributed by atoms with Crippen LogP contribution in [-0.4, -0.2) is 22.9 Å². The molecule has 20 heavy (non-hydrogen) atoms. The second kappa shape index (κ2) is 5.66. The summed E-state index contributed by atoms with van der Waals surface area (Å²) in [4.78, 5) is 27.7. The molecule has 0 fully saturated rings. The SMILES string of the molecule is CN(C(=O)c1ccc(Cl)c([N+](=O)[O-])c1)c1ccncc1. The summed E-state index contributed by atoms with van der Waals surface area (Å²) in [6, 6.07) is 7.30. The smallest absolute Gasteiger partial charge is 0.288 e. The van der Waals surface area contributed by atoms with Crippen molar-refractivity contribution in [3.05, 3.63) is 63.4 Å². The number of halogens is 1. The van der Waals surface area contributed by atoms with E-state index in [0.717, 1.165) is 0 Å². The summed E-state index contributed by atoms with van der Waals surface area (Å²) >= 11 is 5.72. The van der Waals surface area contributed by atoms with Gasteiger partial charge in [0, 0.05) is 36.8 Å². The Morgan fingerprint density at radius 3 is 2.55 bits per heavy atom. The lowest BCUT2D eigenvalue weighted by Crippen LogP contribution is -2.26. The number of pyridine rings is 1. The number of hydrogen-bond donors (Lipinski definition) is 0. The third-order valence-corrected chi connectivity index (χ3v) is 3.06. The van der Waals surface area contributed by atoms with Gasteiger partial charge in [-0.15, -0.1) is 0 Å². The summed E-state index contributed by atoms with van der Waals surface area (Å²) in [5.41, 5.74) is 0.545. The van der Waals surface area contributed by atoms with E-state index in [4.69, 9.17) is 11.6 Å². The second-order valence-corrected chi connectivity index (χ2v) is 4.40. The van der Waals surface area contributed by atoms with Crippen LogP contribution in [0.2, 0.25) is 5.02 Å². The molecule has 0 unspecified atom stereocenters. The van der Waals surface area contributed by atoms with E-state index in [2.05, 4.69) is 4.98 Å². The van der Waals surface area contributed by atoms with Gasteiger partial charge in [0.05, 0.1) is 4.92 Å². The Labute approximate surface area is 119 Å². The molecule has 2 aromatic rings. The quantitative estimate of drug-likeness (QED) is 0.643. The largest absolute Gasteiger partial charge is 0.311 e. The summed E-state index contributed by atoms with van der Waals surface area (Å²) in [7, 11) is 1.58. The van der Waals surface area contributed by atoms with Gasteiger partial charge in [0.15, 0.2) is 0 Å². The molecule has 0 bridgehead atoms. The van der Waals surface area contributed by atoms with Gasteiger partial charge in [-0.3, -0.25) is 19.9 Å². The van der Waals surface area contributed by atoms with Crippen LogP contribution in [0.5, 0.6) is 0 Å². The van der Waals surface area contributed by atoms with Gasteiger partial charge >= 0.3 is 0 Å². The van der Waals surface area contributed by atoms with E-state index in [0.29, 0.717) is 5.69 Å². The number of anilines is 1. The molecule has 1 heterocycles. The molecule has 0 saturated heterocycles. The van der Waals surface area contributed by atoms with Crippen molar-refractivity contribution in [2.45, 2.75) is 0 Å². The molecular formula is C13H10ClN3O3. The molecule has 1 amide bonds. The molecule has 0 radical (unpaired) electrons. The number of hydrogen-bond acceptors (Lipinski definition) is 4. The van der Waals surface area contributed by atoms with Crippen LogP contribution in [0.3, 0.4) is 0 Å². The van der Waals surface area contributed by atoms with Crippen molar-refractivity contribution in [1.82, 2.24) is 4.98 Å². The molecular weight excluding hydrogens is 282 g/mol. The van der Waals surface area contributed by atoms with Crippen molar-refractivity contribution in [3.8, 4) is 0 Å². The Morgan fingerprint density at radius 1 is 1.30 bits per heavy atom. The monoisotopic (exact) mass is 291 g/mol. The highest BCUT2D eigenvalue weighted by Gasteiger charge is 2.19. The van der Waals surface area contributed by atoms with Crippen LogP contribution in [0.25, 0.3) is 0 Å². The fourth-order valence-corrected chi connectivity index (χ4v) is 1.85. The van der Waals surface area contributed by atoms with E-state index in [9.17, 15) is 14.9 Å². The Kier molecular flexibility index (Phi) is 3.95. The minimum atomic E-state index is -0.619. The third-order valence-electron chi connectivity index (χ3n) is 2.74. The second-order valence-electron chi connectivity index (χ2n) is 3.99. The molecule has 2 rings (SSSR count). The predicted molar refractivity (Wildman–Crippen MR) is 75.1 cm³/mol. The average molecular weight is 292 g/mol. The van der Waals surface area contributed by atoms with Crippen molar-refractivity contribution in [3.63, 3.8) is 0 Å². The van der Waals surface area contributed by atoms with Gasteiger partial charge in [0.25, 0.3) is 11.6 Å². The molecule has 1 aromatic heterocycles. The van der Waals surface area contributed by atoms with Crippen LogP contribution in [0.15, 0.2) is 42.7 Å². The Morgan fingerprint density at radius 2 is 1.95 bits per heavy atom. The molecule has 0 saturated carbocycles. The Balaban J connectivity index is 2.34. The first-order valence-electron chi connectivity index (χ1n) is 5.62. The van der Waals surface area contributed by atoms with Gasteiger partial charge in [-0.1, -0.05) is 11.6 Å². The molecule has 0 aliphatic rings. The number of aromatic nitrogens is 1. The number of benzene rings is 1. The first-order valence-corrected chi connectivity index (χ1v) is 6.00. The number of nitro benzene ring substituents is 1. The Bertz CT molecular complexity index is 661. The summed E-state index contributed by atoms with van der Waals surface area (Å²) in [6.07, 6.45) is 3.12. The van der Waals surface area contributed by atoms with E-state index in [1.807, 2.05) is 0 Å². The van der Waals surface area contributed by atoms with Crippen molar-refractivity contribution < 1.29 is 9.72 Å². The van der Waals surface area contributed by atoms with Gasteiger partial charge in [0.1, 0.15) is 5.02 Å². The highest BCUT2D eigenvalue weighted by molar-refractivity contribution is 6.32. The standard InChI is InChI=1S/C13H10ClN3O3/c1-16(10-4-6-15-7-5-10)13(18)9-2-3-11(14)12(8-9)17(19)20/h2-8H,1H3. The number of carbonyl (C=O) groups is 1. The van der Waals surface area contributed by atoms with Crippen molar-refractivity contribution in [1.29, 1.82) is 0 Å². The zero-order chi connectivity index (χ0) is 14.7. The number of rotatable bonds is 3. The van der Waals surface area contributed by atoms with E-state index < -0.39 is 4.92 Å². The summed E-state index contributed by atoms with van der Waals surface area (Å²) in [6.45, 7) is 0. The third kappa shape index (κ3) is 2.75. The highest BCUT2D eigenvalue weighted by atomic mass is 35.5. The van der Waals surface area contributed by atoms with Crippen LogP contribution in [0.4, 0.5) is 11.4 Å². The summed E-state index contributed by atoms with van der Waals surface area (Å²) in [5, 5.41) is 10.8. The van der Waals surface area contributed by atoms with E-state index in [1.165, 1.54) is 23.1 Å². The lowest BCUT2D eigenvalue weighted by atomic mass is 10.1. The van der Waals surface area contributed by atoms with Gasteiger partial charge in [-0.25, -0.2) is 0 Å². The zero-order valence-corrected chi connectivity index (χ0v) is 11.2. The lowest BCUT2D eigenvalue weighted by molar-refractivity contribution is -0.384. The molecule has 6 nitrogen and oxygen atoms in total. The van der Waals surface area contributed by atoms with Crippen molar-refractivity contribution >= 4 is 28.9 Å². The van der Waals surface area contributed by atoms with Crippen molar-refractivity contribution in [2.24, 2.45) is 0 Å². The number of nitrogens with zero attached hydrogens (tertiary/aromatic N) is 3. The van der Waals surface area contributed by atoms with E-state index >= 15 is 0 Å². The minimum absolute atomic E-state index is 0.00175. The van der Waals surface area contributed by atoms with Crippen LogP contribution in [0, 0.1) is 10.1 Å². The van der Waals surface area contributed by atoms with Gasteiger partial charge in [-0.05, 0) is 24.3 Å². The molecule has 102 valence electrons. The van der Waals surface area contributed by atoms with Gasteiger partial charge in [0.2, 0.25) is 0 Å². The molecule has 0 atom stereocenters. The molecule has 1 aromatic carbocycles. The maximum Gasteiger partial charge on any atom is 0.288 e. The van der Waals surface area contributed by atoms with Gasteiger partial charge < -0.3 is 4.90 Å². The van der Waals surface area contributed by atoms with Gasteiger partial charge in [-0.2, -0.15) is 0 Å². The first-order chi connectivity index (χ1) is 9.50. The molecule has 0 spiro atoms. The van der Waals surface area contributed by atoms with Crippen LogP contribution >= 0.6 is 11.6 Å². The van der Waals surface area contributed by atoms with E-state index in [-0.39, 0.29) is 22.2 Å². The molecule has 0 aliphatic heterocycles. The highest BCUT2D eigenvalue weighted by Crippen LogP contribution is 2.26. The average Bonchev–Trinajstić information content (AvgIpc) is 2.47. The van der Waals surface area contributed by atoms with Crippen LogP contribution < -0.4 is 4.90 Å². The molecule has 0 N–H and O–H groups in total.